The Labute approximate surface area is 185 Å². The number of benzene rings is 4. The number of hydrazone groups is 1. The summed E-state index contributed by atoms with van der Waals surface area (Å²) in [5, 5.41) is 17.2. The number of aromatic nitrogens is 1. The summed E-state index contributed by atoms with van der Waals surface area (Å²) in [6.07, 6.45) is 3.67. The summed E-state index contributed by atoms with van der Waals surface area (Å²) in [5.41, 5.74) is 5.93. The molecule has 0 bridgehead atoms. The number of phenols is 1. The fourth-order valence-electron chi connectivity index (χ4n) is 3.92. The normalized spacial score (nSPS) is 11.4. The third kappa shape index (κ3) is 3.84. The molecule has 5 rings (SSSR count). The van der Waals surface area contributed by atoms with Crippen molar-refractivity contribution in [2.75, 3.05) is 0 Å². The summed E-state index contributed by atoms with van der Waals surface area (Å²) in [7, 11) is 0. The molecule has 0 atom stereocenters. The molecule has 5 aromatic rings. The highest BCUT2D eigenvalue weighted by atomic mass is 16.3. The van der Waals surface area contributed by atoms with E-state index in [0.29, 0.717) is 0 Å². The Morgan fingerprint density at radius 3 is 2.41 bits per heavy atom. The number of hydrogen-bond donors (Lipinski definition) is 2. The largest absolute Gasteiger partial charge is 0.507 e. The zero-order chi connectivity index (χ0) is 21.9. The second kappa shape index (κ2) is 8.40. The van der Waals surface area contributed by atoms with Gasteiger partial charge in [-0.05, 0) is 34.5 Å². The SMILES string of the molecule is O=C(N/N=C\c1cn(Cc2ccccc2)c2ccccc12)c1cc2ccccc2cc1O. The van der Waals surface area contributed by atoms with Gasteiger partial charge in [0.25, 0.3) is 5.91 Å². The van der Waals surface area contributed by atoms with Gasteiger partial charge in [-0.15, -0.1) is 0 Å². The second-order valence-corrected chi connectivity index (χ2v) is 7.63. The minimum Gasteiger partial charge on any atom is -0.507 e. The minimum atomic E-state index is -0.461. The highest BCUT2D eigenvalue weighted by Gasteiger charge is 2.12. The van der Waals surface area contributed by atoms with Crippen molar-refractivity contribution in [3.05, 3.63) is 114 Å². The van der Waals surface area contributed by atoms with Gasteiger partial charge in [-0.1, -0.05) is 72.8 Å². The van der Waals surface area contributed by atoms with Crippen LogP contribution in [0.1, 0.15) is 21.5 Å². The van der Waals surface area contributed by atoms with Crippen molar-refractivity contribution in [3.63, 3.8) is 0 Å². The number of carbonyl (C=O) groups excluding carboxylic acids is 1. The van der Waals surface area contributed by atoms with Crippen LogP contribution in [0.2, 0.25) is 0 Å². The number of nitrogens with one attached hydrogen (secondary N) is 1. The summed E-state index contributed by atoms with van der Waals surface area (Å²) in [6.45, 7) is 0.743. The molecule has 5 nitrogen and oxygen atoms in total. The standard InChI is InChI=1S/C27H21N3O2/c31-26-15-21-11-5-4-10-20(21)14-24(26)27(32)29-28-16-22-18-30(17-19-8-2-1-3-9-19)25-13-7-6-12-23(22)25/h1-16,18,31H,17H2,(H,29,32)/b28-16-. The molecule has 0 aliphatic carbocycles. The van der Waals surface area contributed by atoms with E-state index >= 15 is 0 Å². The van der Waals surface area contributed by atoms with E-state index in [1.807, 2.05) is 66.9 Å². The van der Waals surface area contributed by atoms with Gasteiger partial charge in [-0.2, -0.15) is 5.10 Å². The number of carbonyl (C=O) groups is 1. The molecular weight excluding hydrogens is 398 g/mol. The molecule has 0 fully saturated rings. The van der Waals surface area contributed by atoms with Crippen LogP contribution < -0.4 is 5.43 Å². The molecular formula is C27H21N3O2. The lowest BCUT2D eigenvalue weighted by atomic mass is 10.1. The van der Waals surface area contributed by atoms with E-state index in [0.717, 1.165) is 33.8 Å². The molecule has 0 radical (unpaired) electrons. The van der Waals surface area contributed by atoms with E-state index < -0.39 is 5.91 Å². The first kappa shape index (κ1) is 19.6. The van der Waals surface area contributed by atoms with Gasteiger partial charge in [-0.25, -0.2) is 5.43 Å². The van der Waals surface area contributed by atoms with Crippen molar-refractivity contribution in [1.82, 2.24) is 9.99 Å². The van der Waals surface area contributed by atoms with Gasteiger partial charge < -0.3 is 9.67 Å². The Hall–Kier alpha value is -4.38. The second-order valence-electron chi connectivity index (χ2n) is 7.63. The molecule has 0 unspecified atom stereocenters. The van der Waals surface area contributed by atoms with Gasteiger partial charge in [0.2, 0.25) is 0 Å². The van der Waals surface area contributed by atoms with Crippen LogP contribution in [-0.4, -0.2) is 21.8 Å². The Bertz CT molecular complexity index is 1450. The Morgan fingerprint density at radius 2 is 1.59 bits per heavy atom. The molecule has 1 heterocycles. The van der Waals surface area contributed by atoms with Crippen molar-refractivity contribution < 1.29 is 9.90 Å². The van der Waals surface area contributed by atoms with Gasteiger partial charge in [0.05, 0.1) is 11.8 Å². The number of aromatic hydroxyl groups is 1. The minimum absolute atomic E-state index is 0.0733. The quantitative estimate of drug-likeness (QED) is 0.299. The van der Waals surface area contributed by atoms with Crippen molar-refractivity contribution in [3.8, 4) is 5.75 Å². The van der Waals surface area contributed by atoms with Crippen LogP contribution in [0.4, 0.5) is 0 Å². The molecule has 1 aromatic heterocycles. The first-order chi connectivity index (χ1) is 15.7. The van der Waals surface area contributed by atoms with E-state index in [2.05, 4.69) is 33.3 Å². The molecule has 0 aliphatic heterocycles. The van der Waals surface area contributed by atoms with Crippen LogP contribution in [0.3, 0.4) is 0 Å². The van der Waals surface area contributed by atoms with E-state index in [-0.39, 0.29) is 11.3 Å². The summed E-state index contributed by atoms with van der Waals surface area (Å²) >= 11 is 0. The number of amides is 1. The van der Waals surface area contributed by atoms with Crippen molar-refractivity contribution in [2.24, 2.45) is 5.10 Å². The van der Waals surface area contributed by atoms with Crippen LogP contribution in [0, 0.1) is 0 Å². The first-order valence-electron chi connectivity index (χ1n) is 10.4. The maximum Gasteiger partial charge on any atom is 0.275 e. The number of rotatable bonds is 5. The third-order valence-corrected chi connectivity index (χ3v) is 5.49. The molecule has 4 aromatic carbocycles. The smallest absolute Gasteiger partial charge is 0.275 e. The highest BCUT2D eigenvalue weighted by Crippen LogP contribution is 2.25. The zero-order valence-electron chi connectivity index (χ0n) is 17.3. The molecule has 1 amide bonds. The summed E-state index contributed by atoms with van der Waals surface area (Å²) < 4.78 is 2.17. The van der Waals surface area contributed by atoms with Crippen molar-refractivity contribution in [1.29, 1.82) is 0 Å². The average Bonchev–Trinajstić information content (AvgIpc) is 3.16. The molecule has 156 valence electrons. The number of fused-ring (bicyclic) bond motifs is 2. The predicted molar refractivity (Wildman–Crippen MR) is 128 cm³/mol. The van der Waals surface area contributed by atoms with E-state index in [4.69, 9.17) is 0 Å². The Kier molecular flexibility index (Phi) is 5.14. The van der Waals surface area contributed by atoms with Gasteiger partial charge in [0, 0.05) is 29.2 Å². The Morgan fingerprint density at radius 1 is 0.906 bits per heavy atom. The van der Waals surface area contributed by atoms with E-state index in [9.17, 15) is 9.90 Å². The number of hydrogen-bond acceptors (Lipinski definition) is 3. The maximum absolute atomic E-state index is 12.6. The zero-order valence-corrected chi connectivity index (χ0v) is 17.3. The van der Waals surface area contributed by atoms with E-state index in [1.165, 1.54) is 5.56 Å². The van der Waals surface area contributed by atoms with E-state index in [1.54, 1.807) is 18.3 Å². The summed E-state index contributed by atoms with van der Waals surface area (Å²) in [4.78, 5) is 12.6. The lowest BCUT2D eigenvalue weighted by Crippen LogP contribution is -2.17. The van der Waals surface area contributed by atoms with Crippen LogP contribution in [0.5, 0.6) is 5.75 Å². The molecule has 0 saturated heterocycles. The molecule has 2 N–H and O–H groups in total. The monoisotopic (exact) mass is 419 g/mol. The third-order valence-electron chi connectivity index (χ3n) is 5.49. The average molecular weight is 419 g/mol. The molecule has 0 aliphatic rings. The van der Waals surface area contributed by atoms with Crippen LogP contribution >= 0.6 is 0 Å². The number of para-hydroxylation sites is 1. The topological polar surface area (TPSA) is 66.6 Å². The molecule has 0 saturated carbocycles. The fourth-order valence-corrected chi connectivity index (χ4v) is 3.92. The van der Waals surface area contributed by atoms with Crippen LogP contribution in [0.15, 0.2) is 102 Å². The lowest BCUT2D eigenvalue weighted by molar-refractivity contribution is 0.0952. The Balaban J connectivity index is 1.39. The predicted octanol–water partition coefficient (Wildman–Crippen LogP) is 5.31. The van der Waals surface area contributed by atoms with Gasteiger partial charge in [0.15, 0.2) is 0 Å². The highest BCUT2D eigenvalue weighted by molar-refractivity contribution is 6.03. The first-order valence-corrected chi connectivity index (χ1v) is 10.4. The molecule has 5 heteroatoms. The summed E-state index contributed by atoms with van der Waals surface area (Å²) in [5.74, 6) is -0.534. The molecule has 0 spiro atoms. The van der Waals surface area contributed by atoms with Gasteiger partial charge in [0.1, 0.15) is 5.75 Å². The molecule has 32 heavy (non-hydrogen) atoms. The fraction of sp³-hybridized carbons (Fsp3) is 0.0370. The van der Waals surface area contributed by atoms with Crippen molar-refractivity contribution in [2.45, 2.75) is 6.54 Å². The van der Waals surface area contributed by atoms with Gasteiger partial charge >= 0.3 is 0 Å². The van der Waals surface area contributed by atoms with Crippen LogP contribution in [0.25, 0.3) is 21.7 Å². The van der Waals surface area contributed by atoms with Gasteiger partial charge in [-0.3, -0.25) is 4.79 Å². The van der Waals surface area contributed by atoms with Crippen LogP contribution in [-0.2, 0) is 6.54 Å². The van der Waals surface area contributed by atoms with Crippen molar-refractivity contribution >= 4 is 33.8 Å². The number of phenolic OH excluding ortho intramolecular Hbond substituents is 1. The lowest BCUT2D eigenvalue weighted by Gasteiger charge is -2.05. The number of nitrogens with zero attached hydrogens (tertiary/aromatic N) is 2. The maximum atomic E-state index is 12.6. The summed E-state index contributed by atoms with van der Waals surface area (Å²) in [6, 6.07) is 29.2.